The number of rotatable bonds is 5. The van der Waals surface area contributed by atoms with E-state index in [1.165, 1.54) is 0 Å². The van der Waals surface area contributed by atoms with Crippen LogP contribution in [0.1, 0.15) is 12.3 Å². The van der Waals surface area contributed by atoms with Gasteiger partial charge in [0.25, 0.3) is 5.56 Å². The van der Waals surface area contributed by atoms with Crippen LogP contribution >= 0.6 is 11.6 Å². The number of nitrogens with zero attached hydrogens (tertiary/aromatic N) is 3. The molecule has 0 atom stereocenters. The highest BCUT2D eigenvalue weighted by molar-refractivity contribution is 6.30. The molecule has 0 bridgehead atoms. The van der Waals surface area contributed by atoms with Gasteiger partial charge in [-0.15, -0.1) is 0 Å². The molecule has 10 heteroatoms. The smallest absolute Gasteiger partial charge is 0.328 e. The van der Waals surface area contributed by atoms with Crippen molar-refractivity contribution in [3.05, 3.63) is 68.1 Å². The fourth-order valence-electron chi connectivity index (χ4n) is 3.34. The number of aromatic amines is 1. The molecule has 0 saturated carbocycles. The third-order valence-electron chi connectivity index (χ3n) is 4.80. The van der Waals surface area contributed by atoms with Crippen LogP contribution in [0.15, 0.2) is 50.5 Å². The molecular formula is C20H15ClN4O5. The Bertz CT molecular complexity index is 1370. The summed E-state index contributed by atoms with van der Waals surface area (Å²) in [6, 6.07) is 10.3. The second-order valence-electron chi connectivity index (χ2n) is 6.76. The Balaban J connectivity index is 1.34. The molecule has 0 spiro atoms. The summed E-state index contributed by atoms with van der Waals surface area (Å²) < 4.78 is 17.0. The van der Waals surface area contributed by atoms with E-state index < -0.39 is 11.2 Å². The van der Waals surface area contributed by atoms with Gasteiger partial charge < -0.3 is 19.0 Å². The highest BCUT2D eigenvalue weighted by Gasteiger charge is 2.18. The van der Waals surface area contributed by atoms with Gasteiger partial charge in [-0.2, -0.15) is 4.98 Å². The van der Waals surface area contributed by atoms with Crippen LogP contribution in [0.3, 0.4) is 0 Å². The van der Waals surface area contributed by atoms with Gasteiger partial charge in [0, 0.05) is 29.6 Å². The fourth-order valence-corrected chi connectivity index (χ4v) is 3.53. The molecule has 0 amide bonds. The summed E-state index contributed by atoms with van der Waals surface area (Å²) in [6.45, 7) is 0.291. The minimum absolute atomic E-state index is 0.0887. The number of hydrogen-bond donors (Lipinski definition) is 1. The Morgan fingerprint density at radius 1 is 1.13 bits per heavy atom. The summed E-state index contributed by atoms with van der Waals surface area (Å²) in [5, 5.41) is 4.90. The van der Waals surface area contributed by atoms with Gasteiger partial charge >= 0.3 is 5.69 Å². The largest absolute Gasteiger partial charge is 0.454 e. The van der Waals surface area contributed by atoms with Gasteiger partial charge in [0.15, 0.2) is 11.5 Å². The van der Waals surface area contributed by atoms with Gasteiger partial charge in [0.1, 0.15) is 0 Å². The Morgan fingerprint density at radius 2 is 1.97 bits per heavy atom. The van der Waals surface area contributed by atoms with Crippen LogP contribution in [-0.4, -0.2) is 26.5 Å². The lowest BCUT2D eigenvalue weighted by Gasteiger charge is -2.06. The molecule has 3 heterocycles. The summed E-state index contributed by atoms with van der Waals surface area (Å²) >= 11 is 5.99. The fraction of sp³-hybridized carbons (Fsp3) is 0.200. The van der Waals surface area contributed by atoms with Crippen molar-refractivity contribution in [3.63, 3.8) is 0 Å². The Kier molecular flexibility index (Phi) is 4.51. The number of fused-ring (bicyclic) bond motifs is 2. The third-order valence-corrected chi connectivity index (χ3v) is 5.03. The molecule has 1 N–H and O–H groups in total. The molecule has 0 unspecified atom stereocenters. The average molecular weight is 427 g/mol. The van der Waals surface area contributed by atoms with Gasteiger partial charge in [-0.3, -0.25) is 9.36 Å². The van der Waals surface area contributed by atoms with E-state index in [2.05, 4.69) is 15.1 Å². The molecule has 1 aliphatic heterocycles. The molecule has 30 heavy (non-hydrogen) atoms. The lowest BCUT2D eigenvalue weighted by molar-refractivity contribution is 0.174. The number of aromatic nitrogens is 4. The molecule has 152 valence electrons. The summed E-state index contributed by atoms with van der Waals surface area (Å²) in [7, 11) is 0. The number of hydrogen-bond acceptors (Lipinski definition) is 7. The van der Waals surface area contributed by atoms with Crippen LogP contribution in [0.2, 0.25) is 5.02 Å². The Hall–Kier alpha value is -3.59. The highest BCUT2D eigenvalue weighted by atomic mass is 35.5. The van der Waals surface area contributed by atoms with Crippen LogP contribution in [0.25, 0.3) is 22.3 Å². The number of benzene rings is 2. The maximum absolute atomic E-state index is 12.8. The summed E-state index contributed by atoms with van der Waals surface area (Å²) in [5.74, 6) is 1.84. The van der Waals surface area contributed by atoms with Crippen molar-refractivity contribution >= 4 is 22.5 Å². The topological polar surface area (TPSA) is 112 Å². The van der Waals surface area contributed by atoms with E-state index >= 15 is 0 Å². The number of ether oxygens (including phenoxy) is 2. The van der Waals surface area contributed by atoms with E-state index in [1.807, 2.05) is 6.07 Å². The SMILES string of the molecule is O=c1[nH]c2cc3c(cc2c(=O)n1CCCc1nc(-c2cccc(Cl)c2)no1)OCO3. The zero-order valence-corrected chi connectivity index (χ0v) is 16.3. The summed E-state index contributed by atoms with van der Waals surface area (Å²) in [5.41, 5.74) is 0.278. The normalized spacial score (nSPS) is 12.6. The van der Waals surface area contributed by atoms with E-state index in [1.54, 1.807) is 30.3 Å². The molecule has 0 aliphatic carbocycles. The van der Waals surface area contributed by atoms with E-state index in [0.717, 1.165) is 10.1 Å². The second-order valence-corrected chi connectivity index (χ2v) is 7.20. The van der Waals surface area contributed by atoms with Gasteiger partial charge in [-0.25, -0.2) is 4.79 Å². The monoisotopic (exact) mass is 426 g/mol. The lowest BCUT2D eigenvalue weighted by Crippen LogP contribution is -2.35. The zero-order valence-electron chi connectivity index (χ0n) is 15.6. The van der Waals surface area contributed by atoms with Crippen LogP contribution in [0, 0.1) is 0 Å². The predicted octanol–water partition coefficient (Wildman–Crippen LogP) is 2.75. The first kappa shape index (κ1) is 18.4. The standard InChI is InChI=1S/C20H15ClN4O5/c21-12-4-1-3-11(7-12)18-23-17(30-24-18)5-2-6-25-19(26)13-8-15-16(29-10-28-15)9-14(13)22-20(25)27/h1,3-4,7-9H,2,5-6,10H2,(H,22,27). The van der Waals surface area contributed by atoms with Crippen molar-refractivity contribution in [2.45, 2.75) is 19.4 Å². The van der Waals surface area contributed by atoms with Crippen molar-refractivity contribution in [1.29, 1.82) is 0 Å². The predicted molar refractivity (Wildman–Crippen MR) is 108 cm³/mol. The lowest BCUT2D eigenvalue weighted by atomic mass is 10.2. The molecule has 0 saturated heterocycles. The molecule has 0 fully saturated rings. The van der Waals surface area contributed by atoms with Crippen LogP contribution < -0.4 is 20.7 Å². The maximum atomic E-state index is 12.8. The summed E-state index contributed by atoms with van der Waals surface area (Å²) in [4.78, 5) is 32.2. The average Bonchev–Trinajstić information content (AvgIpc) is 3.38. The highest BCUT2D eigenvalue weighted by Crippen LogP contribution is 2.34. The van der Waals surface area contributed by atoms with E-state index in [4.69, 9.17) is 25.6 Å². The Labute approximate surface area is 173 Å². The maximum Gasteiger partial charge on any atom is 0.328 e. The third kappa shape index (κ3) is 3.33. The quantitative estimate of drug-likeness (QED) is 0.522. The number of H-pyrrole nitrogens is 1. The van der Waals surface area contributed by atoms with E-state index in [0.29, 0.717) is 52.0 Å². The first-order valence-corrected chi connectivity index (χ1v) is 9.61. The first-order chi connectivity index (χ1) is 14.6. The molecule has 4 aromatic rings. The number of halogens is 1. The molecule has 5 rings (SSSR count). The van der Waals surface area contributed by atoms with Gasteiger partial charge in [-0.1, -0.05) is 28.9 Å². The second kappa shape index (κ2) is 7.34. The van der Waals surface area contributed by atoms with Crippen molar-refractivity contribution < 1.29 is 14.0 Å². The number of aryl methyl sites for hydroxylation is 1. The van der Waals surface area contributed by atoms with Gasteiger partial charge in [0.2, 0.25) is 18.5 Å². The van der Waals surface area contributed by atoms with Crippen molar-refractivity contribution in [2.75, 3.05) is 6.79 Å². The van der Waals surface area contributed by atoms with E-state index in [9.17, 15) is 9.59 Å². The molecule has 1 aliphatic rings. The summed E-state index contributed by atoms with van der Waals surface area (Å²) in [6.07, 6.45) is 0.884. The molecule has 2 aromatic carbocycles. The molecule has 2 aromatic heterocycles. The molecular weight excluding hydrogens is 412 g/mol. The molecule has 9 nitrogen and oxygen atoms in total. The van der Waals surface area contributed by atoms with Gasteiger partial charge in [0.05, 0.1) is 10.9 Å². The molecule has 0 radical (unpaired) electrons. The van der Waals surface area contributed by atoms with Gasteiger partial charge in [-0.05, 0) is 24.6 Å². The minimum atomic E-state index is -0.489. The number of nitrogens with one attached hydrogen (secondary N) is 1. The minimum Gasteiger partial charge on any atom is -0.454 e. The van der Waals surface area contributed by atoms with Crippen molar-refractivity contribution in [2.24, 2.45) is 0 Å². The van der Waals surface area contributed by atoms with Crippen molar-refractivity contribution in [1.82, 2.24) is 19.7 Å². The van der Waals surface area contributed by atoms with E-state index in [-0.39, 0.29) is 13.3 Å². The van der Waals surface area contributed by atoms with Crippen LogP contribution in [-0.2, 0) is 13.0 Å². The first-order valence-electron chi connectivity index (χ1n) is 9.23. The van der Waals surface area contributed by atoms with Crippen LogP contribution in [0.5, 0.6) is 11.5 Å². The van der Waals surface area contributed by atoms with Crippen LogP contribution in [0.4, 0.5) is 0 Å². The Morgan fingerprint density at radius 3 is 2.80 bits per heavy atom. The zero-order chi connectivity index (χ0) is 20.7. The van der Waals surface area contributed by atoms with Crippen molar-refractivity contribution in [3.8, 4) is 22.9 Å².